The van der Waals surface area contributed by atoms with Crippen molar-refractivity contribution in [1.82, 2.24) is 15.1 Å². The summed E-state index contributed by atoms with van der Waals surface area (Å²) in [7, 11) is 1.70. The number of hydrogen-bond donors (Lipinski definition) is 1. The van der Waals surface area contributed by atoms with Gasteiger partial charge in [0.2, 0.25) is 0 Å². The van der Waals surface area contributed by atoms with Crippen LogP contribution in [0.25, 0.3) is 0 Å². The van der Waals surface area contributed by atoms with Crippen molar-refractivity contribution in [3.05, 3.63) is 18.0 Å². The first-order valence-corrected chi connectivity index (χ1v) is 6.15. The van der Waals surface area contributed by atoms with Crippen molar-refractivity contribution in [1.29, 1.82) is 0 Å². The Bertz CT molecular complexity index is 289. The summed E-state index contributed by atoms with van der Waals surface area (Å²) in [6.45, 7) is 6.97. The van der Waals surface area contributed by atoms with Gasteiger partial charge < -0.3 is 14.8 Å². The maximum absolute atomic E-state index is 5.47. The van der Waals surface area contributed by atoms with Gasteiger partial charge in [0.05, 0.1) is 19.3 Å². The van der Waals surface area contributed by atoms with Gasteiger partial charge in [0.25, 0.3) is 0 Å². The van der Waals surface area contributed by atoms with E-state index in [1.165, 1.54) is 5.56 Å². The lowest BCUT2D eigenvalue weighted by molar-refractivity contribution is 0.0961. The van der Waals surface area contributed by atoms with E-state index in [9.17, 15) is 0 Å². The minimum absolute atomic E-state index is 0.700. The molecule has 1 rings (SSSR count). The molecule has 0 spiro atoms. The molecule has 0 aliphatic heterocycles. The van der Waals surface area contributed by atoms with Crippen molar-refractivity contribution < 1.29 is 9.47 Å². The van der Waals surface area contributed by atoms with Gasteiger partial charge in [-0.3, -0.25) is 4.68 Å². The Hall–Kier alpha value is -0.910. The summed E-state index contributed by atoms with van der Waals surface area (Å²) >= 11 is 0. The molecular weight excluding hydrogens is 218 g/mol. The van der Waals surface area contributed by atoms with E-state index in [1.807, 2.05) is 10.9 Å². The van der Waals surface area contributed by atoms with Crippen molar-refractivity contribution >= 4 is 0 Å². The summed E-state index contributed by atoms with van der Waals surface area (Å²) in [5.74, 6) is 0. The topological polar surface area (TPSA) is 48.3 Å². The highest BCUT2D eigenvalue weighted by atomic mass is 16.5. The van der Waals surface area contributed by atoms with Crippen molar-refractivity contribution in [2.45, 2.75) is 26.4 Å². The predicted molar refractivity (Wildman–Crippen MR) is 66.9 cm³/mol. The van der Waals surface area contributed by atoms with E-state index in [0.29, 0.717) is 6.61 Å². The van der Waals surface area contributed by atoms with E-state index < -0.39 is 0 Å². The third-order valence-corrected chi connectivity index (χ3v) is 2.37. The molecule has 0 saturated carbocycles. The quantitative estimate of drug-likeness (QED) is 0.622. The molecular formula is C12H23N3O2. The Labute approximate surface area is 103 Å². The van der Waals surface area contributed by atoms with Crippen molar-refractivity contribution in [2.75, 3.05) is 33.5 Å². The molecule has 0 fully saturated rings. The van der Waals surface area contributed by atoms with E-state index in [1.54, 1.807) is 7.11 Å². The zero-order valence-electron chi connectivity index (χ0n) is 10.8. The summed E-state index contributed by atoms with van der Waals surface area (Å²) in [5, 5.41) is 7.54. The molecule has 0 aliphatic rings. The molecule has 0 saturated heterocycles. The fourth-order valence-electron chi connectivity index (χ4n) is 1.45. The normalized spacial score (nSPS) is 10.9. The summed E-state index contributed by atoms with van der Waals surface area (Å²) < 4.78 is 12.3. The number of ether oxygens (including phenoxy) is 2. The molecule has 1 aromatic heterocycles. The van der Waals surface area contributed by atoms with E-state index in [4.69, 9.17) is 9.47 Å². The van der Waals surface area contributed by atoms with Crippen LogP contribution in [0.5, 0.6) is 0 Å². The predicted octanol–water partition coefficient (Wildman–Crippen LogP) is 1.05. The van der Waals surface area contributed by atoms with Gasteiger partial charge >= 0.3 is 0 Å². The van der Waals surface area contributed by atoms with Crippen LogP contribution in [-0.2, 0) is 22.6 Å². The molecule has 5 nitrogen and oxygen atoms in total. The van der Waals surface area contributed by atoms with Crippen molar-refractivity contribution in [3.8, 4) is 0 Å². The Morgan fingerprint density at radius 2 is 2.24 bits per heavy atom. The second-order valence-electron chi connectivity index (χ2n) is 3.85. The van der Waals surface area contributed by atoms with Crippen LogP contribution in [0.15, 0.2) is 12.4 Å². The van der Waals surface area contributed by atoms with Gasteiger partial charge in [-0.25, -0.2) is 0 Å². The second kappa shape index (κ2) is 9.15. The number of hydrogen-bond acceptors (Lipinski definition) is 4. The van der Waals surface area contributed by atoms with Gasteiger partial charge in [0.15, 0.2) is 0 Å². The Kier molecular flexibility index (Phi) is 7.62. The average molecular weight is 241 g/mol. The second-order valence-corrected chi connectivity index (χ2v) is 3.85. The largest absolute Gasteiger partial charge is 0.385 e. The van der Waals surface area contributed by atoms with Crippen LogP contribution >= 0.6 is 0 Å². The molecule has 0 aliphatic carbocycles. The molecule has 1 N–H and O–H groups in total. The highest BCUT2D eigenvalue weighted by Gasteiger charge is 1.97. The number of nitrogens with one attached hydrogen (secondary N) is 1. The first kappa shape index (κ1) is 14.2. The summed E-state index contributed by atoms with van der Waals surface area (Å²) in [5.41, 5.74) is 1.21. The molecule has 17 heavy (non-hydrogen) atoms. The zero-order valence-corrected chi connectivity index (χ0v) is 10.8. The van der Waals surface area contributed by atoms with E-state index in [0.717, 1.165) is 39.3 Å². The third kappa shape index (κ3) is 6.41. The highest BCUT2D eigenvalue weighted by molar-refractivity contribution is 5.02. The summed E-state index contributed by atoms with van der Waals surface area (Å²) in [4.78, 5) is 0. The maximum Gasteiger partial charge on any atom is 0.0662 e. The van der Waals surface area contributed by atoms with Crippen LogP contribution in [-0.4, -0.2) is 43.3 Å². The van der Waals surface area contributed by atoms with E-state index in [2.05, 4.69) is 23.5 Å². The van der Waals surface area contributed by atoms with Crippen LogP contribution in [0.3, 0.4) is 0 Å². The highest BCUT2D eigenvalue weighted by Crippen LogP contribution is 1.97. The summed E-state index contributed by atoms with van der Waals surface area (Å²) in [6, 6.07) is 0. The lowest BCUT2D eigenvalue weighted by Crippen LogP contribution is -2.11. The van der Waals surface area contributed by atoms with E-state index in [-0.39, 0.29) is 0 Å². The fourth-order valence-corrected chi connectivity index (χ4v) is 1.45. The molecule has 0 aromatic carbocycles. The van der Waals surface area contributed by atoms with Gasteiger partial charge in [0, 0.05) is 38.6 Å². The standard InChI is InChI=1S/C12H23N3O2/c1-3-13-9-12-10-14-15(11-12)5-8-17-7-4-6-16-2/h10-11,13H,3-9H2,1-2H3. The van der Waals surface area contributed by atoms with Crippen LogP contribution in [0.2, 0.25) is 0 Å². The lowest BCUT2D eigenvalue weighted by Gasteiger charge is -2.04. The molecule has 0 unspecified atom stereocenters. The summed E-state index contributed by atoms with van der Waals surface area (Å²) in [6.07, 6.45) is 4.90. The Morgan fingerprint density at radius 3 is 3.00 bits per heavy atom. The van der Waals surface area contributed by atoms with E-state index >= 15 is 0 Å². The smallest absolute Gasteiger partial charge is 0.0662 e. The van der Waals surface area contributed by atoms with Gasteiger partial charge in [-0.15, -0.1) is 0 Å². The Morgan fingerprint density at radius 1 is 1.35 bits per heavy atom. The van der Waals surface area contributed by atoms with Crippen LogP contribution < -0.4 is 5.32 Å². The lowest BCUT2D eigenvalue weighted by atomic mass is 10.3. The van der Waals surface area contributed by atoms with Crippen LogP contribution in [0, 0.1) is 0 Å². The zero-order chi connectivity index (χ0) is 12.3. The molecule has 0 radical (unpaired) electrons. The first-order valence-electron chi connectivity index (χ1n) is 6.15. The number of aromatic nitrogens is 2. The molecule has 0 bridgehead atoms. The molecule has 5 heteroatoms. The number of rotatable bonds is 10. The maximum atomic E-state index is 5.47. The number of nitrogens with zero attached hydrogens (tertiary/aromatic N) is 2. The minimum Gasteiger partial charge on any atom is -0.385 e. The van der Waals surface area contributed by atoms with Crippen LogP contribution in [0.1, 0.15) is 18.9 Å². The molecule has 0 atom stereocenters. The Balaban J connectivity index is 2.08. The SMILES string of the molecule is CCNCc1cnn(CCOCCCOC)c1. The van der Waals surface area contributed by atoms with Crippen molar-refractivity contribution in [3.63, 3.8) is 0 Å². The molecule has 1 heterocycles. The fraction of sp³-hybridized carbons (Fsp3) is 0.750. The molecule has 98 valence electrons. The van der Waals surface area contributed by atoms with Gasteiger partial charge in [-0.05, 0) is 13.0 Å². The van der Waals surface area contributed by atoms with Crippen molar-refractivity contribution in [2.24, 2.45) is 0 Å². The van der Waals surface area contributed by atoms with Gasteiger partial charge in [-0.2, -0.15) is 5.10 Å². The molecule has 0 amide bonds. The monoisotopic (exact) mass is 241 g/mol. The van der Waals surface area contributed by atoms with Crippen LogP contribution in [0.4, 0.5) is 0 Å². The minimum atomic E-state index is 0.700. The van der Waals surface area contributed by atoms with Gasteiger partial charge in [-0.1, -0.05) is 6.92 Å². The molecule has 1 aromatic rings. The number of methoxy groups -OCH3 is 1. The average Bonchev–Trinajstić information content (AvgIpc) is 2.79. The van der Waals surface area contributed by atoms with Gasteiger partial charge in [0.1, 0.15) is 0 Å². The first-order chi connectivity index (χ1) is 8.36. The third-order valence-electron chi connectivity index (χ3n) is 2.37.